The molecule has 468 valence electrons. The van der Waals surface area contributed by atoms with E-state index in [1.807, 2.05) is 0 Å². The number of hydrogen-bond donors (Lipinski definition) is 0. The maximum atomic E-state index is 12.9. The van der Waals surface area contributed by atoms with Crippen molar-refractivity contribution in [1.82, 2.24) is 0 Å². The SMILES string of the molecule is CC/C=C\C/C=C\C/C=C\C/C=C\C/C=C\C/C=C\C/C=C\C/C=C\C/C=C\C/C=C\CCCCCCC(=O)OCC(COC(=O)CCCCCCCC)OC(=O)CCCCCCCCCCCCCCCCCCCCCCCCC. The summed E-state index contributed by atoms with van der Waals surface area (Å²) in [5.74, 6) is -0.911. The third-order valence-electron chi connectivity index (χ3n) is 14.7. The number of esters is 3. The van der Waals surface area contributed by atoms with E-state index in [0.29, 0.717) is 19.3 Å². The Morgan fingerprint density at radius 1 is 0.256 bits per heavy atom. The average molecular weight is 1140 g/mol. The van der Waals surface area contributed by atoms with Gasteiger partial charge in [-0.25, -0.2) is 0 Å². The molecule has 6 nitrogen and oxygen atoms in total. The van der Waals surface area contributed by atoms with E-state index < -0.39 is 6.10 Å². The van der Waals surface area contributed by atoms with Gasteiger partial charge in [0.1, 0.15) is 13.2 Å². The number of carbonyl (C=O) groups is 3. The van der Waals surface area contributed by atoms with Crippen LogP contribution in [-0.2, 0) is 28.6 Å². The monoisotopic (exact) mass is 1140 g/mol. The minimum absolute atomic E-state index is 0.0847. The molecule has 0 N–H and O–H groups in total. The van der Waals surface area contributed by atoms with E-state index in [4.69, 9.17) is 14.2 Å². The predicted octanol–water partition coefficient (Wildman–Crippen LogP) is 23.9. The molecule has 0 aromatic carbocycles. The second-order valence-electron chi connectivity index (χ2n) is 22.7. The van der Waals surface area contributed by atoms with Crippen molar-refractivity contribution < 1.29 is 28.6 Å². The van der Waals surface area contributed by atoms with Gasteiger partial charge in [0.2, 0.25) is 0 Å². The van der Waals surface area contributed by atoms with Crippen LogP contribution in [0.3, 0.4) is 0 Å². The zero-order chi connectivity index (χ0) is 59.2. The molecule has 0 aliphatic carbocycles. The topological polar surface area (TPSA) is 78.9 Å². The number of rotatable bonds is 62. The fourth-order valence-corrected chi connectivity index (χ4v) is 9.59. The Bertz CT molecular complexity index is 1690. The van der Waals surface area contributed by atoms with Gasteiger partial charge in [0.25, 0.3) is 0 Å². The number of ether oxygens (including phenoxy) is 3. The fraction of sp³-hybridized carbons (Fsp3) is 0.697. The average Bonchev–Trinajstić information content (AvgIpc) is 3.47. The van der Waals surface area contributed by atoms with Crippen molar-refractivity contribution in [3.8, 4) is 0 Å². The molecule has 0 bridgehead atoms. The molecular formula is C76H128O6. The van der Waals surface area contributed by atoms with Gasteiger partial charge in [-0.1, -0.05) is 328 Å². The largest absolute Gasteiger partial charge is 0.462 e. The van der Waals surface area contributed by atoms with E-state index in [-0.39, 0.29) is 31.1 Å². The quantitative estimate of drug-likeness (QED) is 0.0261. The molecule has 0 radical (unpaired) electrons. The molecule has 0 saturated heterocycles. The molecule has 0 aromatic heterocycles. The van der Waals surface area contributed by atoms with Gasteiger partial charge < -0.3 is 14.2 Å². The second kappa shape index (κ2) is 69.3. The predicted molar refractivity (Wildman–Crippen MR) is 357 cm³/mol. The summed E-state index contributed by atoms with van der Waals surface area (Å²) in [4.78, 5) is 38.1. The van der Waals surface area contributed by atoms with Crippen molar-refractivity contribution in [2.24, 2.45) is 0 Å². The smallest absolute Gasteiger partial charge is 0.306 e. The highest BCUT2D eigenvalue weighted by molar-refractivity contribution is 5.71. The Labute approximate surface area is 507 Å². The highest BCUT2D eigenvalue weighted by Crippen LogP contribution is 2.17. The standard InChI is InChI=1S/C76H128O6/c1-4-7-10-13-16-18-20-22-24-26-28-30-32-33-34-35-36-37-38-39-40-41-42-43-45-46-48-50-52-54-56-58-60-63-66-69-75(78)81-72-73(71-80-74(77)68-65-62-15-12-9-6-3)82-76(79)70-67-64-61-59-57-55-53-51-49-47-44-31-29-27-25-23-21-19-17-14-11-8-5-2/h7,10,16,18,22,24,28,30,33-34,36-37,39-40,42-43,46,48,52,54,73H,4-6,8-9,11-15,17,19-21,23,25-27,29,31-32,35,38,41,44-45,47,49-51,53,55-72H2,1-3H3/b10-7-,18-16-,24-22-,30-28-,34-33-,37-36-,40-39-,43-42-,48-46-,54-52-. The Morgan fingerprint density at radius 3 is 0.744 bits per heavy atom. The molecule has 0 aliphatic heterocycles. The lowest BCUT2D eigenvalue weighted by molar-refractivity contribution is -0.167. The Kier molecular flexibility index (Phi) is 65.8. The lowest BCUT2D eigenvalue weighted by atomic mass is 10.0. The third kappa shape index (κ3) is 66.6. The number of hydrogen-bond acceptors (Lipinski definition) is 6. The summed E-state index contributed by atoms with van der Waals surface area (Å²) >= 11 is 0. The molecule has 0 saturated carbocycles. The van der Waals surface area contributed by atoms with Crippen LogP contribution >= 0.6 is 0 Å². The van der Waals surface area contributed by atoms with Crippen LogP contribution in [0.2, 0.25) is 0 Å². The van der Waals surface area contributed by atoms with Gasteiger partial charge in [-0.3, -0.25) is 14.4 Å². The zero-order valence-corrected chi connectivity index (χ0v) is 53.7. The molecule has 0 aliphatic rings. The van der Waals surface area contributed by atoms with Crippen molar-refractivity contribution in [2.75, 3.05) is 13.2 Å². The van der Waals surface area contributed by atoms with E-state index in [1.54, 1.807) is 0 Å². The molecule has 0 heterocycles. The molecule has 82 heavy (non-hydrogen) atoms. The lowest BCUT2D eigenvalue weighted by Gasteiger charge is -2.18. The fourth-order valence-electron chi connectivity index (χ4n) is 9.59. The van der Waals surface area contributed by atoms with Crippen molar-refractivity contribution in [1.29, 1.82) is 0 Å². The van der Waals surface area contributed by atoms with Crippen molar-refractivity contribution >= 4 is 17.9 Å². The molecule has 6 heteroatoms. The summed E-state index contributed by atoms with van der Waals surface area (Å²) in [6.45, 7) is 6.47. The van der Waals surface area contributed by atoms with Crippen molar-refractivity contribution in [3.63, 3.8) is 0 Å². The number of carbonyl (C=O) groups excluding carboxylic acids is 3. The number of unbranched alkanes of at least 4 members (excludes halogenated alkanes) is 31. The van der Waals surface area contributed by atoms with Crippen LogP contribution in [0.15, 0.2) is 122 Å². The van der Waals surface area contributed by atoms with Crippen LogP contribution in [0.1, 0.15) is 323 Å². The van der Waals surface area contributed by atoms with E-state index in [2.05, 4.69) is 142 Å². The molecular weight excluding hydrogens is 1010 g/mol. The van der Waals surface area contributed by atoms with Gasteiger partial charge in [-0.15, -0.1) is 0 Å². The summed E-state index contributed by atoms with van der Waals surface area (Å²) in [6, 6.07) is 0. The molecule has 0 amide bonds. The Morgan fingerprint density at radius 2 is 0.476 bits per heavy atom. The van der Waals surface area contributed by atoms with E-state index in [0.717, 1.165) is 135 Å². The first-order valence-corrected chi connectivity index (χ1v) is 34.5. The van der Waals surface area contributed by atoms with Gasteiger partial charge in [0.15, 0.2) is 6.10 Å². The molecule has 0 spiro atoms. The zero-order valence-electron chi connectivity index (χ0n) is 53.7. The first-order valence-electron chi connectivity index (χ1n) is 34.5. The van der Waals surface area contributed by atoms with Crippen LogP contribution in [0.4, 0.5) is 0 Å². The third-order valence-corrected chi connectivity index (χ3v) is 14.7. The van der Waals surface area contributed by atoms with Crippen LogP contribution in [0.25, 0.3) is 0 Å². The molecule has 0 aromatic rings. The van der Waals surface area contributed by atoms with E-state index in [9.17, 15) is 14.4 Å². The van der Waals surface area contributed by atoms with Gasteiger partial charge in [0.05, 0.1) is 0 Å². The Hall–Kier alpha value is -4.19. The van der Waals surface area contributed by atoms with Crippen LogP contribution in [0, 0.1) is 0 Å². The summed E-state index contributed by atoms with van der Waals surface area (Å²) < 4.78 is 16.8. The highest BCUT2D eigenvalue weighted by atomic mass is 16.6. The molecule has 1 unspecified atom stereocenters. The van der Waals surface area contributed by atoms with Gasteiger partial charge in [-0.05, 0) is 96.3 Å². The molecule has 1 atom stereocenters. The summed E-state index contributed by atoms with van der Waals surface area (Å²) in [7, 11) is 0. The van der Waals surface area contributed by atoms with Crippen molar-refractivity contribution in [3.05, 3.63) is 122 Å². The van der Waals surface area contributed by atoms with Gasteiger partial charge in [-0.2, -0.15) is 0 Å². The summed E-state index contributed by atoms with van der Waals surface area (Å²) in [5, 5.41) is 0. The Balaban J connectivity index is 4.13. The van der Waals surface area contributed by atoms with Crippen LogP contribution < -0.4 is 0 Å². The molecule has 0 rings (SSSR count). The minimum Gasteiger partial charge on any atom is -0.462 e. The maximum absolute atomic E-state index is 12.9. The number of allylic oxidation sites excluding steroid dienone is 20. The maximum Gasteiger partial charge on any atom is 0.306 e. The summed E-state index contributed by atoms with van der Waals surface area (Å²) in [5.41, 5.74) is 0. The minimum atomic E-state index is -0.786. The van der Waals surface area contributed by atoms with Crippen LogP contribution in [-0.4, -0.2) is 37.2 Å². The first kappa shape index (κ1) is 77.8. The van der Waals surface area contributed by atoms with Gasteiger partial charge in [0, 0.05) is 19.3 Å². The van der Waals surface area contributed by atoms with E-state index in [1.165, 1.54) is 148 Å². The molecule has 0 fully saturated rings. The van der Waals surface area contributed by atoms with Crippen molar-refractivity contribution in [2.45, 2.75) is 329 Å². The highest BCUT2D eigenvalue weighted by Gasteiger charge is 2.19. The summed E-state index contributed by atoms with van der Waals surface area (Å²) in [6.07, 6.45) is 96.9. The van der Waals surface area contributed by atoms with Crippen LogP contribution in [0.5, 0.6) is 0 Å². The first-order chi connectivity index (χ1) is 40.5. The van der Waals surface area contributed by atoms with E-state index >= 15 is 0 Å². The van der Waals surface area contributed by atoms with Gasteiger partial charge >= 0.3 is 17.9 Å². The second-order valence-corrected chi connectivity index (χ2v) is 22.7. The lowest BCUT2D eigenvalue weighted by Crippen LogP contribution is -2.30. The normalized spacial score (nSPS) is 12.9.